The van der Waals surface area contributed by atoms with E-state index in [9.17, 15) is 13.2 Å². The molecule has 24 heavy (non-hydrogen) atoms. The molecule has 0 saturated carbocycles. The van der Waals surface area contributed by atoms with Crippen LogP contribution in [0.2, 0.25) is 5.02 Å². The smallest absolute Gasteiger partial charge is 0.333 e. The van der Waals surface area contributed by atoms with E-state index in [2.05, 4.69) is 20.1 Å². The Morgan fingerprint density at radius 2 is 2.12 bits per heavy atom. The van der Waals surface area contributed by atoms with Gasteiger partial charge in [-0.2, -0.15) is 18.2 Å². The van der Waals surface area contributed by atoms with Gasteiger partial charge in [0.05, 0.1) is 27.5 Å². The monoisotopic (exact) mass is 392 g/mol. The number of rotatable bonds is 4. The van der Waals surface area contributed by atoms with Gasteiger partial charge in [-0.15, -0.1) is 11.3 Å². The van der Waals surface area contributed by atoms with Crippen molar-refractivity contribution in [1.29, 1.82) is 0 Å². The molecule has 0 amide bonds. The molecule has 3 heterocycles. The second-order valence-electron chi connectivity index (χ2n) is 4.58. The highest BCUT2D eigenvalue weighted by Gasteiger charge is 2.31. The van der Waals surface area contributed by atoms with E-state index in [1.807, 2.05) is 6.92 Å². The molecule has 5 nitrogen and oxygen atoms in total. The summed E-state index contributed by atoms with van der Waals surface area (Å²) in [5.74, 6) is 1.01. The molecule has 0 bridgehead atoms. The molecule has 0 N–H and O–H groups in total. The standard InChI is InChI=1S/C13H8ClF3N4OS2/c1-6-10(24-5-19-6)11-20-9(21-22-11)4-23-12-8(14)2-7(3-18-12)13(15,16)17/h2-3,5H,4H2,1H3. The molecule has 0 fully saturated rings. The molecule has 0 aliphatic carbocycles. The predicted octanol–water partition coefficient (Wildman–Crippen LogP) is 4.86. The average Bonchev–Trinajstić information content (AvgIpc) is 3.13. The van der Waals surface area contributed by atoms with E-state index in [4.69, 9.17) is 16.1 Å². The lowest BCUT2D eigenvalue weighted by molar-refractivity contribution is -0.137. The highest BCUT2D eigenvalue weighted by molar-refractivity contribution is 7.98. The van der Waals surface area contributed by atoms with Crippen molar-refractivity contribution in [2.75, 3.05) is 0 Å². The van der Waals surface area contributed by atoms with Crippen LogP contribution in [0.15, 0.2) is 27.3 Å². The molecule has 3 aromatic heterocycles. The summed E-state index contributed by atoms with van der Waals surface area (Å²) < 4.78 is 42.9. The lowest BCUT2D eigenvalue weighted by Gasteiger charge is -2.08. The third-order valence-corrected chi connectivity index (χ3v) is 5.20. The van der Waals surface area contributed by atoms with Crippen LogP contribution in [0.3, 0.4) is 0 Å². The van der Waals surface area contributed by atoms with Crippen molar-refractivity contribution in [1.82, 2.24) is 20.1 Å². The Labute approximate surface area is 147 Å². The second-order valence-corrected chi connectivity index (χ2v) is 6.81. The van der Waals surface area contributed by atoms with Crippen molar-refractivity contribution >= 4 is 34.7 Å². The summed E-state index contributed by atoms with van der Waals surface area (Å²) >= 11 is 8.36. The number of nitrogens with zero attached hydrogens (tertiary/aromatic N) is 4. The molecule has 3 aromatic rings. The zero-order valence-electron chi connectivity index (χ0n) is 12.0. The summed E-state index contributed by atoms with van der Waals surface area (Å²) in [6.07, 6.45) is -3.73. The third-order valence-electron chi connectivity index (χ3n) is 2.88. The first-order chi connectivity index (χ1) is 11.3. The van der Waals surface area contributed by atoms with Crippen LogP contribution in [0.5, 0.6) is 0 Å². The molecule has 0 aliphatic rings. The summed E-state index contributed by atoms with van der Waals surface area (Å²) in [4.78, 5) is 12.9. The zero-order valence-corrected chi connectivity index (χ0v) is 14.4. The largest absolute Gasteiger partial charge is 0.417 e. The van der Waals surface area contributed by atoms with Gasteiger partial charge in [-0.3, -0.25) is 0 Å². The molecule has 126 valence electrons. The van der Waals surface area contributed by atoms with Crippen LogP contribution in [-0.4, -0.2) is 20.1 Å². The molecule has 0 aromatic carbocycles. The first-order valence-electron chi connectivity index (χ1n) is 6.43. The van der Waals surface area contributed by atoms with Crippen LogP contribution in [0.25, 0.3) is 10.8 Å². The van der Waals surface area contributed by atoms with Gasteiger partial charge in [0.15, 0.2) is 5.82 Å². The van der Waals surface area contributed by atoms with Crippen LogP contribution in [0.4, 0.5) is 13.2 Å². The average molecular weight is 393 g/mol. The predicted molar refractivity (Wildman–Crippen MR) is 84.0 cm³/mol. The van der Waals surface area contributed by atoms with Gasteiger partial charge in [0.2, 0.25) is 0 Å². The summed E-state index contributed by atoms with van der Waals surface area (Å²) in [6, 6.07) is 0.846. The van der Waals surface area contributed by atoms with Crippen LogP contribution >= 0.6 is 34.7 Å². The Balaban J connectivity index is 1.71. The van der Waals surface area contributed by atoms with E-state index >= 15 is 0 Å². The quantitative estimate of drug-likeness (QED) is 0.591. The molecule has 0 unspecified atom stereocenters. The van der Waals surface area contributed by atoms with Crippen molar-refractivity contribution in [3.63, 3.8) is 0 Å². The number of aryl methyl sites for hydroxylation is 1. The van der Waals surface area contributed by atoms with Crippen molar-refractivity contribution in [2.24, 2.45) is 0 Å². The maximum absolute atomic E-state index is 12.6. The molecular formula is C13H8ClF3N4OS2. The van der Waals surface area contributed by atoms with Crippen molar-refractivity contribution in [3.05, 3.63) is 39.9 Å². The number of halogens is 4. The summed E-state index contributed by atoms with van der Waals surface area (Å²) in [5, 5.41) is 4.03. The Morgan fingerprint density at radius 3 is 2.75 bits per heavy atom. The van der Waals surface area contributed by atoms with Crippen LogP contribution < -0.4 is 0 Å². The fourth-order valence-electron chi connectivity index (χ4n) is 1.73. The lowest BCUT2D eigenvalue weighted by atomic mass is 10.3. The normalized spacial score (nSPS) is 11.9. The van der Waals surface area contributed by atoms with Gasteiger partial charge in [-0.25, -0.2) is 9.97 Å². The lowest BCUT2D eigenvalue weighted by Crippen LogP contribution is -2.05. The molecule has 0 radical (unpaired) electrons. The Morgan fingerprint density at radius 1 is 1.33 bits per heavy atom. The maximum Gasteiger partial charge on any atom is 0.417 e. The van der Waals surface area contributed by atoms with E-state index in [0.717, 1.165) is 34.6 Å². The Kier molecular flexibility index (Phi) is 4.79. The number of aromatic nitrogens is 4. The van der Waals surface area contributed by atoms with E-state index in [-0.39, 0.29) is 15.8 Å². The highest BCUT2D eigenvalue weighted by atomic mass is 35.5. The van der Waals surface area contributed by atoms with Crippen molar-refractivity contribution in [2.45, 2.75) is 23.9 Å². The third kappa shape index (κ3) is 3.70. The summed E-state index contributed by atoms with van der Waals surface area (Å²) in [5.41, 5.74) is 1.57. The first-order valence-corrected chi connectivity index (χ1v) is 8.67. The number of thiazole rings is 1. The van der Waals surface area contributed by atoms with Crippen molar-refractivity contribution in [3.8, 4) is 10.8 Å². The Bertz CT molecular complexity index is 865. The number of pyridine rings is 1. The topological polar surface area (TPSA) is 64.7 Å². The molecular weight excluding hydrogens is 385 g/mol. The van der Waals surface area contributed by atoms with Crippen LogP contribution in [0, 0.1) is 6.92 Å². The maximum atomic E-state index is 12.6. The van der Waals surface area contributed by atoms with Gasteiger partial charge in [0.1, 0.15) is 9.90 Å². The van der Waals surface area contributed by atoms with E-state index in [1.54, 1.807) is 5.51 Å². The minimum atomic E-state index is -4.48. The van der Waals surface area contributed by atoms with E-state index < -0.39 is 11.7 Å². The van der Waals surface area contributed by atoms with Gasteiger partial charge in [0.25, 0.3) is 5.89 Å². The van der Waals surface area contributed by atoms with Gasteiger partial charge >= 0.3 is 6.18 Å². The summed E-state index contributed by atoms with van der Waals surface area (Å²) in [6.45, 7) is 1.83. The fraction of sp³-hybridized carbons (Fsp3) is 0.231. The van der Waals surface area contributed by atoms with Gasteiger partial charge in [0, 0.05) is 6.20 Å². The number of hydrogen-bond donors (Lipinski definition) is 0. The molecule has 0 atom stereocenters. The second kappa shape index (κ2) is 6.69. The number of hydrogen-bond acceptors (Lipinski definition) is 7. The Hall–Kier alpha value is -1.65. The minimum absolute atomic E-state index is 0.0724. The molecule has 11 heteroatoms. The molecule has 3 rings (SSSR count). The zero-order chi connectivity index (χ0) is 17.3. The van der Waals surface area contributed by atoms with Gasteiger partial charge in [-0.05, 0) is 13.0 Å². The molecule has 0 spiro atoms. The molecule has 0 aliphatic heterocycles. The van der Waals surface area contributed by atoms with Crippen molar-refractivity contribution < 1.29 is 17.7 Å². The van der Waals surface area contributed by atoms with Crippen LogP contribution in [0.1, 0.15) is 17.1 Å². The highest BCUT2D eigenvalue weighted by Crippen LogP contribution is 2.34. The van der Waals surface area contributed by atoms with E-state index in [0.29, 0.717) is 11.7 Å². The fourth-order valence-corrected chi connectivity index (χ4v) is 3.49. The number of thioether (sulfide) groups is 1. The van der Waals surface area contributed by atoms with Crippen LogP contribution in [-0.2, 0) is 11.9 Å². The SMILES string of the molecule is Cc1ncsc1-c1nc(CSc2ncc(C(F)(F)F)cc2Cl)no1. The number of alkyl halides is 3. The minimum Gasteiger partial charge on any atom is -0.333 e. The van der Waals surface area contributed by atoms with Gasteiger partial charge in [-0.1, -0.05) is 28.5 Å². The molecule has 0 saturated heterocycles. The van der Waals surface area contributed by atoms with Gasteiger partial charge < -0.3 is 4.52 Å². The first kappa shape index (κ1) is 17.2. The van der Waals surface area contributed by atoms with E-state index in [1.165, 1.54) is 11.3 Å². The summed E-state index contributed by atoms with van der Waals surface area (Å²) in [7, 11) is 0.